The van der Waals surface area contributed by atoms with Crippen LogP contribution in [0.1, 0.15) is 0 Å². The van der Waals surface area contributed by atoms with Crippen LogP contribution in [0.4, 0.5) is 4.79 Å². The third kappa shape index (κ3) is 8.62. The molecule has 1 aromatic heterocycles. The van der Waals surface area contributed by atoms with Crippen LogP contribution in [0, 0.1) is 0 Å². The minimum absolute atomic E-state index is 0.462. The fourth-order valence-corrected chi connectivity index (χ4v) is 0.546. The molecule has 0 radical (unpaired) electrons. The molecule has 0 aromatic carbocycles. The molecule has 0 saturated carbocycles. The van der Waals surface area contributed by atoms with E-state index in [1.807, 2.05) is 6.07 Å². The molecule has 7 heteroatoms. The second-order valence-corrected chi connectivity index (χ2v) is 3.73. The van der Waals surface area contributed by atoms with Crippen LogP contribution in [0.25, 0.3) is 0 Å². The first-order chi connectivity index (χ1) is 6.30. The lowest BCUT2D eigenvalue weighted by atomic mass is 10.5. The summed E-state index contributed by atoms with van der Waals surface area (Å²) in [6, 6.07) is 4.84. The quantitative estimate of drug-likeness (QED) is 0.448. The number of rotatable bonds is 0. The van der Waals surface area contributed by atoms with Gasteiger partial charge >= 0.3 is 6.03 Å². The number of carbonyl (C=O) groups is 1. The molecule has 0 fully saturated rings. The van der Waals surface area contributed by atoms with Crippen LogP contribution in [0.2, 0.25) is 0 Å². The Labute approximate surface area is 81.7 Å². The number of aromatic nitrogens is 1. The molecule has 0 atom stereocenters. The molecule has 0 spiro atoms. The largest absolute Gasteiger partial charge is 0.748 e. The predicted octanol–water partition coefficient (Wildman–Crippen LogP) is -0.938. The smallest absolute Gasteiger partial charge is 0.493 e. The van der Waals surface area contributed by atoms with Gasteiger partial charge in [0.25, 0.3) is 0 Å². The Kier molecular flexibility index (Phi) is 4.74. The third-order valence-corrected chi connectivity index (χ3v) is 0.970. The van der Waals surface area contributed by atoms with Crippen LogP contribution in [-0.4, -0.2) is 25.3 Å². The molecule has 0 saturated heterocycles. The van der Waals surface area contributed by atoms with Gasteiger partial charge in [0.05, 0.1) is 22.5 Å². The number of nitrogens with zero attached hydrogens (tertiary/aromatic N) is 1. The van der Waals surface area contributed by atoms with Gasteiger partial charge in [-0.25, -0.2) is 8.42 Å². The molecule has 0 bridgehead atoms. The molecule has 0 aliphatic heterocycles. The molecule has 1 amide bonds. The maximum atomic E-state index is 10.4. The van der Waals surface area contributed by atoms with Gasteiger partial charge in [-0.15, -0.1) is 0 Å². The summed E-state index contributed by atoms with van der Waals surface area (Å²) in [6.07, 6.45) is 3.80. The van der Waals surface area contributed by atoms with Crippen LogP contribution >= 0.6 is 0 Å². The molecule has 1 aromatic rings. The third-order valence-electron chi connectivity index (χ3n) is 0.970. The number of carbonyl (C=O) groups excluding carboxylic acids is 1. The lowest BCUT2D eigenvalue weighted by molar-refractivity contribution is -0.569. The minimum atomic E-state index is -3.92. The van der Waals surface area contributed by atoms with Crippen molar-refractivity contribution in [2.45, 2.75) is 0 Å². The van der Waals surface area contributed by atoms with Crippen molar-refractivity contribution in [3.05, 3.63) is 30.6 Å². The van der Waals surface area contributed by atoms with Gasteiger partial charge in [-0.1, -0.05) is 6.07 Å². The minimum Gasteiger partial charge on any atom is -0.748 e. The normalized spacial score (nSPS) is 9.86. The Bertz CT molecular complexity index is 379. The van der Waals surface area contributed by atoms with E-state index in [0.717, 1.165) is 0 Å². The Balaban J connectivity index is 0.000000292. The van der Waals surface area contributed by atoms with Crippen LogP contribution < -0.4 is 10.3 Å². The number of primary amides is 1. The summed E-state index contributed by atoms with van der Waals surface area (Å²) >= 11 is 0. The molecular formula is C7H10N2O4S. The second-order valence-electron chi connectivity index (χ2n) is 2.33. The first kappa shape index (κ1) is 12.5. The highest BCUT2D eigenvalue weighted by Gasteiger charge is 2.00. The summed E-state index contributed by atoms with van der Waals surface area (Å²) in [5, 5.41) is 0. The van der Waals surface area contributed by atoms with E-state index in [1.165, 1.54) is 4.57 Å². The predicted molar refractivity (Wildman–Crippen MR) is 47.2 cm³/mol. The number of hydrogen-bond donors (Lipinski definition) is 1. The molecule has 1 heterocycles. The number of nitrogens with two attached hydrogens (primary N) is 1. The first-order valence-corrected chi connectivity index (χ1v) is 5.29. The number of amides is 1. The first-order valence-electron chi connectivity index (χ1n) is 3.47. The van der Waals surface area contributed by atoms with Crippen molar-refractivity contribution in [3.8, 4) is 0 Å². The van der Waals surface area contributed by atoms with Gasteiger partial charge in [-0.05, 0) is 12.1 Å². The molecule has 78 valence electrons. The topological polar surface area (TPSA) is 104 Å². The van der Waals surface area contributed by atoms with Crippen molar-refractivity contribution in [2.24, 2.45) is 5.73 Å². The Hall–Kier alpha value is -1.47. The molecular weight excluding hydrogens is 208 g/mol. The zero-order valence-electron chi connectivity index (χ0n) is 7.45. The van der Waals surface area contributed by atoms with Crippen LogP contribution in [0.3, 0.4) is 0 Å². The fraction of sp³-hybridized carbons (Fsp3) is 0.143. The van der Waals surface area contributed by atoms with Crippen molar-refractivity contribution in [1.29, 1.82) is 0 Å². The van der Waals surface area contributed by atoms with E-state index in [9.17, 15) is 4.79 Å². The van der Waals surface area contributed by atoms with E-state index in [0.29, 0.717) is 6.26 Å². The fourth-order valence-electron chi connectivity index (χ4n) is 0.546. The van der Waals surface area contributed by atoms with Gasteiger partial charge in [0.1, 0.15) is 0 Å². The summed E-state index contributed by atoms with van der Waals surface area (Å²) < 4.78 is 28.5. The van der Waals surface area contributed by atoms with E-state index < -0.39 is 16.1 Å². The summed E-state index contributed by atoms with van der Waals surface area (Å²) in [6.45, 7) is 0. The Morgan fingerprint density at radius 3 is 1.86 bits per heavy atom. The van der Waals surface area contributed by atoms with E-state index in [1.54, 1.807) is 24.5 Å². The highest BCUT2D eigenvalue weighted by atomic mass is 32.2. The number of hydrogen-bond acceptors (Lipinski definition) is 4. The maximum Gasteiger partial charge on any atom is 0.493 e. The summed E-state index contributed by atoms with van der Waals surface area (Å²) in [7, 11) is -3.92. The van der Waals surface area contributed by atoms with Crippen LogP contribution in [0.15, 0.2) is 30.6 Å². The van der Waals surface area contributed by atoms with Crippen LogP contribution in [-0.2, 0) is 10.1 Å². The van der Waals surface area contributed by atoms with Gasteiger partial charge in [0, 0.05) is 6.26 Å². The van der Waals surface area contributed by atoms with Gasteiger partial charge < -0.3 is 4.55 Å². The van der Waals surface area contributed by atoms with E-state index in [-0.39, 0.29) is 0 Å². The highest BCUT2D eigenvalue weighted by Crippen LogP contribution is 1.74. The molecule has 0 unspecified atom stereocenters. The monoisotopic (exact) mass is 218 g/mol. The lowest BCUT2D eigenvalue weighted by Crippen LogP contribution is -2.46. The average Bonchev–Trinajstić information content (AvgIpc) is 2.03. The zero-order valence-corrected chi connectivity index (χ0v) is 8.27. The van der Waals surface area contributed by atoms with Crippen molar-refractivity contribution in [1.82, 2.24) is 0 Å². The summed E-state index contributed by atoms with van der Waals surface area (Å²) in [5.74, 6) is 0. The van der Waals surface area contributed by atoms with Gasteiger partial charge in [0.2, 0.25) is 0 Å². The van der Waals surface area contributed by atoms with Gasteiger partial charge in [-0.3, -0.25) is 5.73 Å². The van der Waals surface area contributed by atoms with E-state index >= 15 is 0 Å². The van der Waals surface area contributed by atoms with E-state index in [4.69, 9.17) is 18.7 Å². The standard InChI is InChI=1S/C6H6N2O.CH4O3S/c7-6(9)8-4-2-1-3-5-8;1-5(2,3)4/h1-5H,(H-,7,9);1H3,(H,2,3,4). The van der Waals surface area contributed by atoms with Gasteiger partial charge in [-0.2, -0.15) is 9.36 Å². The summed E-state index contributed by atoms with van der Waals surface area (Å²) in [4.78, 5) is 10.4. The molecule has 1 rings (SSSR count). The van der Waals surface area contributed by atoms with Crippen molar-refractivity contribution < 1.29 is 22.3 Å². The molecule has 0 aliphatic rings. The Morgan fingerprint density at radius 2 is 1.64 bits per heavy atom. The maximum absolute atomic E-state index is 10.4. The van der Waals surface area contributed by atoms with Crippen molar-refractivity contribution >= 4 is 16.1 Å². The lowest BCUT2D eigenvalue weighted by Gasteiger charge is -1.90. The average molecular weight is 218 g/mol. The van der Waals surface area contributed by atoms with Crippen molar-refractivity contribution in [3.63, 3.8) is 0 Å². The van der Waals surface area contributed by atoms with E-state index in [2.05, 4.69) is 0 Å². The van der Waals surface area contributed by atoms with Gasteiger partial charge in [0.15, 0.2) is 0 Å². The molecule has 6 nitrogen and oxygen atoms in total. The molecule has 2 N–H and O–H groups in total. The Morgan fingerprint density at radius 1 is 1.29 bits per heavy atom. The molecule has 14 heavy (non-hydrogen) atoms. The van der Waals surface area contributed by atoms with Crippen molar-refractivity contribution in [2.75, 3.05) is 6.26 Å². The van der Waals surface area contributed by atoms with Crippen LogP contribution in [0.5, 0.6) is 0 Å². The highest BCUT2D eigenvalue weighted by molar-refractivity contribution is 7.84. The number of pyridine rings is 1. The SMILES string of the molecule is CS(=O)(=O)[O-].NC(=O)[n+]1ccccc1. The summed E-state index contributed by atoms with van der Waals surface area (Å²) in [5.41, 5.74) is 4.94. The second kappa shape index (κ2) is 5.30. The zero-order chi connectivity index (χ0) is 11.2. The molecule has 0 aliphatic carbocycles.